The van der Waals surface area contributed by atoms with Gasteiger partial charge in [0.2, 0.25) is 5.91 Å². The number of carbonyl (C=O) groups is 2. The van der Waals surface area contributed by atoms with Crippen LogP contribution in [0.4, 0.5) is 0 Å². The number of hydrogen-bond donors (Lipinski definition) is 2. The van der Waals surface area contributed by atoms with Crippen LogP contribution in [0.5, 0.6) is 5.75 Å². The summed E-state index contributed by atoms with van der Waals surface area (Å²) in [5.74, 6) is -0.599. The van der Waals surface area contributed by atoms with E-state index in [0.717, 1.165) is 11.3 Å². The molecule has 2 atom stereocenters. The highest BCUT2D eigenvalue weighted by Crippen LogP contribution is 2.31. The van der Waals surface area contributed by atoms with Gasteiger partial charge in [-0.25, -0.2) is 0 Å². The molecule has 126 valence electrons. The molecule has 5 nitrogen and oxygen atoms in total. The van der Waals surface area contributed by atoms with E-state index in [-0.39, 0.29) is 23.2 Å². The standard InChI is InChI=1S/C18H25NO4/c1-18(2,14-5-4-6-15(10-14)23-3)11-19-16(20)12-7-8-13(9-12)17(21)22/h4-6,10,12-13H,7-9,11H2,1-3H3,(H,19,20)(H,21,22)/t12-,13+/m1/s1. The van der Waals surface area contributed by atoms with Crippen LogP contribution in [0.2, 0.25) is 0 Å². The summed E-state index contributed by atoms with van der Waals surface area (Å²) in [7, 11) is 1.63. The van der Waals surface area contributed by atoms with Crippen LogP contribution in [-0.4, -0.2) is 30.6 Å². The lowest BCUT2D eigenvalue weighted by Gasteiger charge is -2.27. The summed E-state index contributed by atoms with van der Waals surface area (Å²) in [5.41, 5.74) is 0.863. The quantitative estimate of drug-likeness (QED) is 0.845. The lowest BCUT2D eigenvalue weighted by atomic mass is 9.84. The molecule has 0 heterocycles. The fourth-order valence-electron chi connectivity index (χ4n) is 3.04. The second-order valence-electron chi connectivity index (χ2n) is 6.88. The van der Waals surface area contributed by atoms with Gasteiger partial charge in [-0.05, 0) is 37.0 Å². The maximum Gasteiger partial charge on any atom is 0.306 e. The Hall–Kier alpha value is -2.04. The molecule has 5 heteroatoms. The predicted molar refractivity (Wildman–Crippen MR) is 87.5 cm³/mol. The van der Waals surface area contributed by atoms with Gasteiger partial charge in [-0.15, -0.1) is 0 Å². The topological polar surface area (TPSA) is 75.6 Å². The van der Waals surface area contributed by atoms with Gasteiger partial charge in [-0.2, -0.15) is 0 Å². The maximum absolute atomic E-state index is 12.3. The Morgan fingerprint density at radius 2 is 2.00 bits per heavy atom. The number of ether oxygens (including phenoxy) is 1. The van der Waals surface area contributed by atoms with Crippen LogP contribution in [-0.2, 0) is 15.0 Å². The van der Waals surface area contributed by atoms with Crippen LogP contribution in [0.25, 0.3) is 0 Å². The Labute approximate surface area is 137 Å². The van der Waals surface area contributed by atoms with Crippen molar-refractivity contribution in [3.8, 4) is 5.75 Å². The highest BCUT2D eigenvalue weighted by atomic mass is 16.5. The molecule has 0 spiro atoms. The Kier molecular flexibility index (Phi) is 5.29. The summed E-state index contributed by atoms with van der Waals surface area (Å²) < 4.78 is 5.25. The van der Waals surface area contributed by atoms with Gasteiger partial charge >= 0.3 is 5.97 Å². The molecule has 1 amide bonds. The molecule has 0 aromatic heterocycles. The average Bonchev–Trinajstić information content (AvgIpc) is 3.03. The van der Waals surface area contributed by atoms with Crippen molar-refractivity contribution in [2.45, 2.75) is 38.5 Å². The minimum Gasteiger partial charge on any atom is -0.497 e. The zero-order valence-electron chi connectivity index (χ0n) is 14.0. The number of aliphatic carboxylic acids is 1. The molecular weight excluding hydrogens is 294 g/mol. The first-order valence-electron chi connectivity index (χ1n) is 7.98. The fraction of sp³-hybridized carbons (Fsp3) is 0.556. The third-order valence-corrected chi connectivity index (χ3v) is 4.71. The van der Waals surface area contributed by atoms with Crippen LogP contribution >= 0.6 is 0 Å². The van der Waals surface area contributed by atoms with Crippen LogP contribution in [0.3, 0.4) is 0 Å². The largest absolute Gasteiger partial charge is 0.497 e. The van der Waals surface area contributed by atoms with E-state index in [1.807, 2.05) is 24.3 Å². The minimum atomic E-state index is -0.794. The zero-order chi connectivity index (χ0) is 17.0. The second-order valence-corrected chi connectivity index (χ2v) is 6.88. The molecule has 0 unspecified atom stereocenters. The van der Waals surface area contributed by atoms with Crippen LogP contribution in [0, 0.1) is 11.8 Å². The lowest BCUT2D eigenvalue weighted by Crippen LogP contribution is -2.39. The molecule has 0 bridgehead atoms. The SMILES string of the molecule is COc1cccc(C(C)(C)CNC(=O)[C@@H]2CC[C@H](C(=O)O)C2)c1. The summed E-state index contributed by atoms with van der Waals surface area (Å²) in [5, 5.41) is 12.0. The number of rotatable bonds is 6. The van der Waals surface area contributed by atoms with E-state index >= 15 is 0 Å². The van der Waals surface area contributed by atoms with E-state index in [0.29, 0.717) is 25.8 Å². The van der Waals surface area contributed by atoms with Crippen molar-refractivity contribution in [1.82, 2.24) is 5.32 Å². The molecule has 1 aromatic rings. The van der Waals surface area contributed by atoms with Gasteiger partial charge in [0.15, 0.2) is 0 Å². The highest BCUT2D eigenvalue weighted by Gasteiger charge is 2.34. The van der Waals surface area contributed by atoms with Gasteiger partial charge in [0, 0.05) is 17.9 Å². The molecule has 0 aliphatic heterocycles. The number of methoxy groups -OCH3 is 1. The van der Waals surface area contributed by atoms with E-state index in [4.69, 9.17) is 9.84 Å². The van der Waals surface area contributed by atoms with E-state index in [1.54, 1.807) is 7.11 Å². The number of carbonyl (C=O) groups excluding carboxylic acids is 1. The Morgan fingerprint density at radius 3 is 2.61 bits per heavy atom. The van der Waals surface area contributed by atoms with Crippen LogP contribution in [0.15, 0.2) is 24.3 Å². The molecule has 23 heavy (non-hydrogen) atoms. The predicted octanol–water partition coefficient (Wildman–Crippen LogP) is 2.59. The van der Waals surface area contributed by atoms with Crippen molar-refractivity contribution >= 4 is 11.9 Å². The third kappa shape index (κ3) is 4.24. The first kappa shape index (κ1) is 17.3. The van der Waals surface area contributed by atoms with Crippen molar-refractivity contribution in [2.75, 3.05) is 13.7 Å². The summed E-state index contributed by atoms with van der Waals surface area (Å²) in [6.45, 7) is 4.64. The lowest BCUT2D eigenvalue weighted by molar-refractivity contribution is -0.141. The van der Waals surface area contributed by atoms with Crippen molar-refractivity contribution < 1.29 is 19.4 Å². The molecule has 0 radical (unpaired) electrons. The van der Waals surface area contributed by atoms with Gasteiger partial charge < -0.3 is 15.2 Å². The highest BCUT2D eigenvalue weighted by molar-refractivity contribution is 5.80. The monoisotopic (exact) mass is 319 g/mol. The molecule has 1 saturated carbocycles. The number of carboxylic acids is 1. The second kappa shape index (κ2) is 7.02. The number of hydrogen-bond acceptors (Lipinski definition) is 3. The number of amides is 1. The van der Waals surface area contributed by atoms with Crippen molar-refractivity contribution in [3.05, 3.63) is 29.8 Å². The van der Waals surface area contributed by atoms with E-state index in [2.05, 4.69) is 19.2 Å². The first-order chi connectivity index (χ1) is 10.8. The molecule has 1 aliphatic carbocycles. The van der Waals surface area contributed by atoms with E-state index < -0.39 is 5.97 Å². The molecule has 2 N–H and O–H groups in total. The number of benzene rings is 1. The molecule has 1 aliphatic rings. The Morgan fingerprint density at radius 1 is 1.30 bits per heavy atom. The van der Waals surface area contributed by atoms with Crippen LogP contribution < -0.4 is 10.1 Å². The van der Waals surface area contributed by atoms with E-state index in [9.17, 15) is 9.59 Å². The van der Waals surface area contributed by atoms with E-state index in [1.165, 1.54) is 0 Å². The molecule has 1 fully saturated rings. The number of nitrogens with one attached hydrogen (secondary N) is 1. The average molecular weight is 319 g/mol. The Bertz CT molecular complexity index is 582. The number of carboxylic acid groups (broad SMARTS) is 1. The first-order valence-corrected chi connectivity index (χ1v) is 7.98. The van der Waals surface area contributed by atoms with Crippen molar-refractivity contribution in [1.29, 1.82) is 0 Å². The fourth-order valence-corrected chi connectivity index (χ4v) is 3.04. The molecular formula is C18H25NO4. The summed E-state index contributed by atoms with van der Waals surface area (Å²) in [6.07, 6.45) is 1.69. The summed E-state index contributed by atoms with van der Waals surface area (Å²) in [6, 6.07) is 7.82. The smallest absolute Gasteiger partial charge is 0.306 e. The van der Waals surface area contributed by atoms with Gasteiger partial charge in [0.25, 0.3) is 0 Å². The Balaban J connectivity index is 1.93. The summed E-state index contributed by atoms with van der Waals surface area (Å²) in [4.78, 5) is 23.3. The third-order valence-electron chi connectivity index (χ3n) is 4.71. The minimum absolute atomic E-state index is 0.0373. The maximum atomic E-state index is 12.3. The van der Waals surface area contributed by atoms with Crippen molar-refractivity contribution in [3.63, 3.8) is 0 Å². The van der Waals surface area contributed by atoms with Gasteiger partial charge in [-0.3, -0.25) is 9.59 Å². The van der Waals surface area contributed by atoms with Crippen LogP contribution in [0.1, 0.15) is 38.7 Å². The van der Waals surface area contributed by atoms with Gasteiger partial charge in [-0.1, -0.05) is 26.0 Å². The van der Waals surface area contributed by atoms with Gasteiger partial charge in [0.05, 0.1) is 13.0 Å². The normalized spacial score (nSPS) is 21.0. The molecule has 2 rings (SSSR count). The van der Waals surface area contributed by atoms with Gasteiger partial charge in [0.1, 0.15) is 5.75 Å². The molecule has 0 saturated heterocycles. The molecule has 1 aromatic carbocycles. The van der Waals surface area contributed by atoms with Crippen molar-refractivity contribution in [2.24, 2.45) is 11.8 Å². The zero-order valence-corrected chi connectivity index (χ0v) is 14.0. The summed E-state index contributed by atoms with van der Waals surface area (Å²) >= 11 is 0.